The van der Waals surface area contributed by atoms with Gasteiger partial charge in [-0.25, -0.2) is 4.98 Å². The zero-order chi connectivity index (χ0) is 22.1. The van der Waals surface area contributed by atoms with Crippen LogP contribution in [0.5, 0.6) is 17.2 Å². The minimum absolute atomic E-state index is 0.266. The molecule has 0 fully saturated rings. The Morgan fingerprint density at radius 3 is 2.91 bits per heavy atom. The first-order valence-electron chi connectivity index (χ1n) is 9.81. The smallest absolute Gasteiger partial charge is 0.231 e. The number of thiazole rings is 1. The normalized spacial score (nSPS) is 12.3. The zero-order valence-corrected chi connectivity index (χ0v) is 19.8. The van der Waals surface area contributed by atoms with Gasteiger partial charge in [0.15, 0.2) is 22.5 Å². The van der Waals surface area contributed by atoms with Gasteiger partial charge in [-0.1, -0.05) is 23.4 Å². The van der Waals surface area contributed by atoms with Crippen LogP contribution in [0.15, 0.2) is 46.9 Å². The Labute approximate surface area is 198 Å². The number of ether oxygens (including phenoxy) is 3. The van der Waals surface area contributed by atoms with Crippen molar-refractivity contribution in [3.05, 3.63) is 63.9 Å². The lowest BCUT2D eigenvalue weighted by molar-refractivity contribution is 0.174. The van der Waals surface area contributed by atoms with E-state index >= 15 is 0 Å². The lowest BCUT2D eigenvalue weighted by Crippen LogP contribution is -2.05. The molecule has 2 aromatic heterocycles. The van der Waals surface area contributed by atoms with Crippen molar-refractivity contribution in [3.8, 4) is 27.8 Å². The van der Waals surface area contributed by atoms with Crippen LogP contribution in [-0.4, -0.2) is 26.5 Å². The zero-order valence-electron chi connectivity index (χ0n) is 17.4. The molecule has 1 aliphatic heterocycles. The summed E-state index contributed by atoms with van der Waals surface area (Å²) in [5.41, 5.74) is 2.99. The van der Waals surface area contributed by atoms with E-state index < -0.39 is 0 Å². The third kappa shape index (κ3) is 4.41. The highest BCUT2D eigenvalue weighted by atomic mass is 35.5. The summed E-state index contributed by atoms with van der Waals surface area (Å²) < 4.78 is 18.7. The monoisotopic (exact) mass is 486 g/mol. The van der Waals surface area contributed by atoms with Crippen molar-refractivity contribution in [2.24, 2.45) is 7.05 Å². The van der Waals surface area contributed by atoms with Gasteiger partial charge < -0.3 is 18.8 Å². The lowest BCUT2D eigenvalue weighted by atomic mass is 10.2. The summed E-state index contributed by atoms with van der Waals surface area (Å²) in [4.78, 5) is 4.76. The van der Waals surface area contributed by atoms with Gasteiger partial charge in [0.2, 0.25) is 6.79 Å². The van der Waals surface area contributed by atoms with E-state index in [9.17, 15) is 0 Å². The van der Waals surface area contributed by atoms with Crippen LogP contribution in [0.25, 0.3) is 10.6 Å². The molecular weight excluding hydrogens is 468 g/mol. The first-order chi connectivity index (χ1) is 15.6. The maximum absolute atomic E-state index is 6.01. The summed E-state index contributed by atoms with van der Waals surface area (Å²) in [6, 6.07) is 11.4. The summed E-state index contributed by atoms with van der Waals surface area (Å²) >= 11 is 9.21. The Kier molecular flexibility index (Phi) is 5.95. The van der Waals surface area contributed by atoms with Crippen LogP contribution in [-0.2, 0) is 19.4 Å². The van der Waals surface area contributed by atoms with Gasteiger partial charge in [0.25, 0.3) is 0 Å². The molecule has 0 aliphatic carbocycles. The van der Waals surface area contributed by atoms with Crippen molar-refractivity contribution in [3.63, 3.8) is 0 Å². The standard InChI is InChI=1S/C22H19ClN4O3S2/c1-13-7-15(23)4-6-17(13)28-9-20-25-26-22(27(20)2)32-11-16-10-31-21(24-16)14-3-5-18-19(8-14)30-12-29-18/h3-8,10H,9,11-12H2,1-2H3. The second kappa shape index (κ2) is 9.01. The molecule has 1 aliphatic rings. The number of rotatable bonds is 7. The molecule has 0 radical (unpaired) electrons. The molecule has 32 heavy (non-hydrogen) atoms. The van der Waals surface area contributed by atoms with Gasteiger partial charge in [0.05, 0.1) is 5.69 Å². The number of nitrogens with zero attached hydrogens (tertiary/aromatic N) is 4. The number of aryl methyl sites for hydroxylation is 1. The van der Waals surface area contributed by atoms with Crippen molar-refractivity contribution >= 4 is 34.7 Å². The van der Waals surface area contributed by atoms with E-state index in [2.05, 4.69) is 15.6 Å². The molecule has 4 aromatic rings. The van der Waals surface area contributed by atoms with Crippen molar-refractivity contribution in [2.75, 3.05) is 6.79 Å². The van der Waals surface area contributed by atoms with Gasteiger partial charge in [-0.05, 0) is 48.9 Å². The van der Waals surface area contributed by atoms with E-state index in [-0.39, 0.29) is 6.79 Å². The van der Waals surface area contributed by atoms with E-state index in [1.807, 2.05) is 54.9 Å². The molecule has 10 heteroatoms. The minimum Gasteiger partial charge on any atom is -0.485 e. The van der Waals surface area contributed by atoms with Gasteiger partial charge in [-0.3, -0.25) is 0 Å². The van der Waals surface area contributed by atoms with Crippen LogP contribution < -0.4 is 14.2 Å². The fraction of sp³-hybridized carbons (Fsp3) is 0.227. The highest BCUT2D eigenvalue weighted by Crippen LogP contribution is 2.37. The van der Waals surface area contributed by atoms with Crippen molar-refractivity contribution in [1.82, 2.24) is 19.7 Å². The second-order valence-corrected chi connectivity index (χ2v) is 9.39. The molecule has 7 nitrogen and oxygen atoms in total. The predicted molar refractivity (Wildman–Crippen MR) is 125 cm³/mol. The summed E-state index contributed by atoms with van der Waals surface area (Å²) in [6.07, 6.45) is 0. The molecule has 0 spiro atoms. The molecule has 0 atom stereocenters. The molecule has 0 saturated carbocycles. The number of aromatic nitrogens is 4. The van der Waals surface area contributed by atoms with Gasteiger partial charge in [-0.15, -0.1) is 21.5 Å². The third-order valence-electron chi connectivity index (χ3n) is 4.94. The molecular formula is C22H19ClN4O3S2. The summed E-state index contributed by atoms with van der Waals surface area (Å²) in [5.74, 6) is 3.77. The summed E-state index contributed by atoms with van der Waals surface area (Å²) in [5, 5.41) is 13.1. The molecule has 164 valence electrons. The molecule has 0 saturated heterocycles. The molecule has 0 unspecified atom stereocenters. The first kappa shape index (κ1) is 21.1. The fourth-order valence-corrected chi connectivity index (χ4v) is 5.16. The van der Waals surface area contributed by atoms with Crippen LogP contribution in [0.4, 0.5) is 0 Å². The maximum atomic E-state index is 6.01. The van der Waals surface area contributed by atoms with Gasteiger partial charge >= 0.3 is 0 Å². The number of halogens is 1. The number of hydrogen-bond acceptors (Lipinski definition) is 8. The van der Waals surface area contributed by atoms with E-state index in [4.69, 9.17) is 30.8 Å². The van der Waals surface area contributed by atoms with E-state index in [0.717, 1.165) is 50.1 Å². The predicted octanol–water partition coefficient (Wildman–Crippen LogP) is 5.50. The third-order valence-corrected chi connectivity index (χ3v) is 7.17. The number of fused-ring (bicyclic) bond motifs is 1. The topological polar surface area (TPSA) is 71.3 Å². The molecule has 3 heterocycles. The first-order valence-corrected chi connectivity index (χ1v) is 12.1. The fourth-order valence-electron chi connectivity index (χ4n) is 3.19. The number of hydrogen-bond donors (Lipinski definition) is 0. The number of thioether (sulfide) groups is 1. The van der Waals surface area contributed by atoms with Crippen molar-refractivity contribution in [2.45, 2.75) is 24.4 Å². The van der Waals surface area contributed by atoms with Crippen LogP contribution in [0, 0.1) is 6.92 Å². The van der Waals surface area contributed by atoms with Gasteiger partial charge in [0, 0.05) is 28.8 Å². The van der Waals surface area contributed by atoms with Gasteiger partial charge in [-0.2, -0.15) is 0 Å². The van der Waals surface area contributed by atoms with Crippen molar-refractivity contribution < 1.29 is 14.2 Å². The maximum Gasteiger partial charge on any atom is 0.231 e. The Hall–Kier alpha value is -2.75. The Morgan fingerprint density at radius 1 is 1.16 bits per heavy atom. The minimum atomic E-state index is 0.266. The second-order valence-electron chi connectivity index (χ2n) is 7.16. The van der Waals surface area contributed by atoms with Crippen LogP contribution in [0.3, 0.4) is 0 Å². The number of benzene rings is 2. The Morgan fingerprint density at radius 2 is 2.03 bits per heavy atom. The summed E-state index contributed by atoms with van der Waals surface area (Å²) in [7, 11) is 1.94. The highest BCUT2D eigenvalue weighted by Gasteiger charge is 2.16. The van der Waals surface area contributed by atoms with Crippen LogP contribution in [0.1, 0.15) is 17.1 Å². The van der Waals surface area contributed by atoms with Crippen molar-refractivity contribution in [1.29, 1.82) is 0 Å². The van der Waals surface area contributed by atoms with Crippen LogP contribution >= 0.6 is 34.7 Å². The average Bonchev–Trinajstić information content (AvgIpc) is 3.51. The SMILES string of the molecule is Cc1cc(Cl)ccc1OCc1nnc(SCc2csc(-c3ccc4c(c3)OCO4)n2)n1C. The quantitative estimate of drug-likeness (QED) is 0.319. The largest absolute Gasteiger partial charge is 0.485 e. The van der Waals surface area contributed by atoms with E-state index in [1.54, 1.807) is 23.1 Å². The lowest BCUT2D eigenvalue weighted by Gasteiger charge is -2.09. The Bertz CT molecular complexity index is 1270. The van der Waals surface area contributed by atoms with E-state index in [1.165, 1.54) is 0 Å². The van der Waals surface area contributed by atoms with Gasteiger partial charge in [0.1, 0.15) is 17.4 Å². The molecule has 5 rings (SSSR count). The average molecular weight is 487 g/mol. The van der Waals surface area contributed by atoms with E-state index in [0.29, 0.717) is 17.4 Å². The molecule has 0 amide bonds. The van der Waals surface area contributed by atoms with Crippen LogP contribution in [0.2, 0.25) is 5.02 Å². The summed E-state index contributed by atoms with van der Waals surface area (Å²) in [6.45, 7) is 2.56. The molecule has 0 bridgehead atoms. The molecule has 2 aromatic carbocycles. The Balaban J connectivity index is 1.21. The molecule has 0 N–H and O–H groups in total. The highest BCUT2D eigenvalue weighted by molar-refractivity contribution is 7.98.